The molecule has 70 valence electrons. The summed E-state index contributed by atoms with van der Waals surface area (Å²) in [5, 5.41) is 3.02. The molecule has 0 heterocycles. The molecule has 1 atom stereocenters. The summed E-state index contributed by atoms with van der Waals surface area (Å²) in [6, 6.07) is 0. The van der Waals surface area contributed by atoms with Gasteiger partial charge in [-0.1, -0.05) is 20.3 Å². The molecule has 0 spiro atoms. The Labute approximate surface area is 73.8 Å². The molecule has 1 unspecified atom stereocenters. The third-order valence-electron chi connectivity index (χ3n) is 1.70. The summed E-state index contributed by atoms with van der Waals surface area (Å²) >= 11 is 0. The van der Waals surface area contributed by atoms with Gasteiger partial charge in [0.05, 0.1) is 7.11 Å². The zero-order valence-corrected chi connectivity index (χ0v) is 7.96. The predicted octanol–water partition coefficient (Wildman–Crippen LogP) is 1.31. The number of nitrogens with one attached hydrogen (secondary N) is 1. The fraction of sp³-hybridized carbons (Fsp3) is 0.667. The van der Waals surface area contributed by atoms with Gasteiger partial charge in [-0.2, -0.15) is 0 Å². The third kappa shape index (κ3) is 5.77. The third-order valence-corrected chi connectivity index (χ3v) is 1.70. The Bertz CT molecular complexity index is 155. The molecule has 12 heavy (non-hydrogen) atoms. The van der Waals surface area contributed by atoms with Gasteiger partial charge in [0.2, 0.25) is 0 Å². The molecule has 0 saturated heterocycles. The van der Waals surface area contributed by atoms with Gasteiger partial charge < -0.3 is 10.1 Å². The Hall–Kier alpha value is -0.990. The van der Waals surface area contributed by atoms with E-state index < -0.39 is 0 Å². The van der Waals surface area contributed by atoms with Crippen molar-refractivity contribution in [2.75, 3.05) is 13.7 Å². The van der Waals surface area contributed by atoms with Crippen LogP contribution in [0.3, 0.4) is 0 Å². The SMILES string of the molecule is CCC(C)CN/C=C/C(=O)OC. The molecule has 3 heteroatoms. The second-order valence-corrected chi connectivity index (χ2v) is 2.78. The minimum atomic E-state index is -0.327. The van der Waals surface area contributed by atoms with Crippen molar-refractivity contribution in [2.24, 2.45) is 5.92 Å². The zero-order valence-electron chi connectivity index (χ0n) is 7.96. The van der Waals surface area contributed by atoms with Crippen LogP contribution in [0.5, 0.6) is 0 Å². The first-order valence-corrected chi connectivity index (χ1v) is 4.18. The number of esters is 1. The lowest BCUT2D eigenvalue weighted by Crippen LogP contribution is -2.15. The minimum absolute atomic E-state index is 0.327. The highest BCUT2D eigenvalue weighted by molar-refractivity contribution is 5.81. The molecule has 0 saturated carbocycles. The fourth-order valence-electron chi connectivity index (χ4n) is 0.609. The Morgan fingerprint density at radius 2 is 2.33 bits per heavy atom. The second-order valence-electron chi connectivity index (χ2n) is 2.78. The first kappa shape index (κ1) is 11.0. The van der Waals surface area contributed by atoms with E-state index in [0.29, 0.717) is 5.92 Å². The van der Waals surface area contributed by atoms with Crippen LogP contribution in [-0.2, 0) is 9.53 Å². The second kappa shape index (κ2) is 6.70. The summed E-state index contributed by atoms with van der Waals surface area (Å²) in [4.78, 5) is 10.6. The van der Waals surface area contributed by atoms with Crippen molar-refractivity contribution in [3.05, 3.63) is 12.3 Å². The van der Waals surface area contributed by atoms with Crippen molar-refractivity contribution in [2.45, 2.75) is 20.3 Å². The normalized spacial score (nSPS) is 12.9. The van der Waals surface area contributed by atoms with Gasteiger partial charge in [0.15, 0.2) is 0 Å². The van der Waals surface area contributed by atoms with Crippen LogP contribution in [0.1, 0.15) is 20.3 Å². The van der Waals surface area contributed by atoms with Gasteiger partial charge in [-0.15, -0.1) is 0 Å². The molecule has 0 aromatic heterocycles. The average Bonchev–Trinajstić information content (AvgIpc) is 2.11. The van der Waals surface area contributed by atoms with Crippen LogP contribution in [-0.4, -0.2) is 19.6 Å². The molecule has 0 fully saturated rings. The molecule has 0 aliphatic carbocycles. The lowest BCUT2D eigenvalue weighted by atomic mass is 10.1. The van der Waals surface area contributed by atoms with E-state index in [0.717, 1.165) is 13.0 Å². The van der Waals surface area contributed by atoms with Crippen LogP contribution in [0.4, 0.5) is 0 Å². The lowest BCUT2D eigenvalue weighted by Gasteiger charge is -2.06. The van der Waals surface area contributed by atoms with Gasteiger partial charge >= 0.3 is 5.97 Å². The summed E-state index contributed by atoms with van der Waals surface area (Å²) in [7, 11) is 1.36. The maximum absolute atomic E-state index is 10.6. The van der Waals surface area contributed by atoms with Crippen molar-refractivity contribution >= 4 is 5.97 Å². The minimum Gasteiger partial charge on any atom is -0.466 e. The number of hydrogen-bond acceptors (Lipinski definition) is 3. The van der Waals surface area contributed by atoms with E-state index in [1.54, 1.807) is 6.20 Å². The number of ether oxygens (including phenoxy) is 1. The van der Waals surface area contributed by atoms with E-state index in [-0.39, 0.29) is 5.97 Å². The summed E-state index contributed by atoms with van der Waals surface area (Å²) in [6.07, 6.45) is 4.14. The van der Waals surface area contributed by atoms with Gasteiger partial charge in [-0.25, -0.2) is 4.79 Å². The van der Waals surface area contributed by atoms with E-state index in [1.165, 1.54) is 13.2 Å². The molecule has 0 aromatic rings. The highest BCUT2D eigenvalue weighted by Gasteiger charge is 1.94. The van der Waals surface area contributed by atoms with Crippen molar-refractivity contribution < 1.29 is 9.53 Å². The van der Waals surface area contributed by atoms with Gasteiger partial charge in [-0.3, -0.25) is 0 Å². The van der Waals surface area contributed by atoms with Gasteiger partial charge in [-0.05, 0) is 5.92 Å². The van der Waals surface area contributed by atoms with E-state index in [2.05, 4.69) is 23.9 Å². The molecule has 1 N–H and O–H groups in total. The average molecular weight is 171 g/mol. The Balaban J connectivity index is 3.42. The number of carbonyl (C=O) groups excluding carboxylic acids is 1. The fourth-order valence-corrected chi connectivity index (χ4v) is 0.609. The van der Waals surface area contributed by atoms with Crippen molar-refractivity contribution in [1.82, 2.24) is 5.32 Å². The van der Waals surface area contributed by atoms with E-state index in [9.17, 15) is 4.79 Å². The monoisotopic (exact) mass is 171 g/mol. The smallest absolute Gasteiger partial charge is 0.331 e. The largest absolute Gasteiger partial charge is 0.466 e. The number of hydrogen-bond donors (Lipinski definition) is 1. The van der Waals surface area contributed by atoms with Gasteiger partial charge in [0.25, 0.3) is 0 Å². The summed E-state index contributed by atoms with van der Waals surface area (Å²) in [6.45, 7) is 5.18. The van der Waals surface area contributed by atoms with Crippen LogP contribution in [0.15, 0.2) is 12.3 Å². The molecule has 3 nitrogen and oxygen atoms in total. The Kier molecular flexibility index (Phi) is 6.15. The van der Waals surface area contributed by atoms with Crippen molar-refractivity contribution in [3.8, 4) is 0 Å². The maximum Gasteiger partial charge on any atom is 0.331 e. The molecule has 0 aliphatic heterocycles. The van der Waals surface area contributed by atoms with Gasteiger partial charge in [0.1, 0.15) is 0 Å². The Morgan fingerprint density at radius 1 is 1.67 bits per heavy atom. The number of carbonyl (C=O) groups is 1. The first-order chi connectivity index (χ1) is 5.70. The number of methoxy groups -OCH3 is 1. The van der Waals surface area contributed by atoms with Crippen LogP contribution < -0.4 is 5.32 Å². The molecule has 0 aliphatic rings. The summed E-state index contributed by atoms with van der Waals surface area (Å²) in [5.74, 6) is 0.305. The number of rotatable bonds is 5. The molecule has 0 bridgehead atoms. The van der Waals surface area contributed by atoms with Crippen LogP contribution >= 0.6 is 0 Å². The Morgan fingerprint density at radius 3 is 2.83 bits per heavy atom. The molecule has 0 amide bonds. The lowest BCUT2D eigenvalue weighted by molar-refractivity contribution is -0.134. The van der Waals surface area contributed by atoms with Crippen molar-refractivity contribution in [1.29, 1.82) is 0 Å². The van der Waals surface area contributed by atoms with Crippen LogP contribution in [0.2, 0.25) is 0 Å². The first-order valence-electron chi connectivity index (χ1n) is 4.18. The molecular weight excluding hydrogens is 154 g/mol. The van der Waals surface area contributed by atoms with E-state index in [4.69, 9.17) is 0 Å². The maximum atomic E-state index is 10.6. The highest BCUT2D eigenvalue weighted by Crippen LogP contribution is 1.96. The molecular formula is C9H17NO2. The molecule has 0 aromatic carbocycles. The summed E-state index contributed by atoms with van der Waals surface area (Å²) in [5.41, 5.74) is 0. The molecule has 0 rings (SSSR count). The van der Waals surface area contributed by atoms with Gasteiger partial charge in [0, 0.05) is 18.8 Å². The van der Waals surface area contributed by atoms with Crippen molar-refractivity contribution in [3.63, 3.8) is 0 Å². The quantitative estimate of drug-likeness (QED) is 0.500. The van der Waals surface area contributed by atoms with Crippen LogP contribution in [0.25, 0.3) is 0 Å². The topological polar surface area (TPSA) is 38.3 Å². The zero-order chi connectivity index (χ0) is 9.40. The van der Waals surface area contributed by atoms with Crippen LogP contribution in [0, 0.1) is 5.92 Å². The highest BCUT2D eigenvalue weighted by atomic mass is 16.5. The molecule has 0 radical (unpaired) electrons. The van der Waals surface area contributed by atoms with E-state index in [1.807, 2.05) is 0 Å². The standard InChI is InChI=1S/C9H17NO2/c1-4-8(2)7-10-6-5-9(11)12-3/h5-6,8,10H,4,7H2,1-3H3/b6-5+. The summed E-state index contributed by atoms with van der Waals surface area (Å²) < 4.78 is 4.42. The predicted molar refractivity (Wildman–Crippen MR) is 48.6 cm³/mol. The van der Waals surface area contributed by atoms with E-state index >= 15 is 0 Å².